The van der Waals surface area contributed by atoms with E-state index in [1.165, 1.54) is 6.08 Å². The Morgan fingerprint density at radius 2 is 0.864 bits per heavy atom. The van der Waals surface area contributed by atoms with Crippen LogP contribution in [0.15, 0.2) is 12.2 Å². The predicted molar refractivity (Wildman–Crippen MR) is 60.2 cm³/mol. The SMILES string of the molecule is C/C=C/C(=O)O.F[B-](F)(F)F.F[B-](F)(F)F.F[B-](F)(F)F.[LiH]. The van der Waals surface area contributed by atoms with Crippen LogP contribution in [0.4, 0.5) is 51.8 Å². The molecule has 0 atom stereocenters. The number of hydrogen-bond donors (Lipinski definition) is 1. The molecule has 0 aromatic rings. The molecule has 0 fully saturated rings. The first kappa shape index (κ1) is 32.9. The van der Waals surface area contributed by atoms with Crippen molar-refractivity contribution < 1.29 is 61.7 Å². The minimum absolute atomic E-state index is 0. The summed E-state index contributed by atoms with van der Waals surface area (Å²) in [4.78, 5) is 9.51. The minimum atomic E-state index is -6.00. The number of rotatable bonds is 1. The summed E-state index contributed by atoms with van der Waals surface area (Å²) in [7, 11) is -18.0. The van der Waals surface area contributed by atoms with Gasteiger partial charge in [0.25, 0.3) is 0 Å². The summed E-state index contributed by atoms with van der Waals surface area (Å²) in [6.07, 6.45) is 2.56. The first-order valence-electron chi connectivity index (χ1n) is 4.25. The van der Waals surface area contributed by atoms with Gasteiger partial charge in [-0.05, 0) is 6.92 Å². The van der Waals surface area contributed by atoms with E-state index >= 15 is 0 Å². The normalized spacial score (nSPS) is 10.8. The van der Waals surface area contributed by atoms with E-state index in [1.54, 1.807) is 6.92 Å². The summed E-state index contributed by atoms with van der Waals surface area (Å²) in [5.74, 6) is -0.891. The Balaban J connectivity index is -0.0000000577. The average Bonchev–Trinajstić information content (AvgIpc) is 1.91. The first-order chi connectivity index (χ1) is 8.77. The summed E-state index contributed by atoms with van der Waals surface area (Å²) in [6, 6.07) is 0. The van der Waals surface area contributed by atoms with Crippen molar-refractivity contribution in [1.82, 2.24) is 0 Å². The first-order valence-corrected chi connectivity index (χ1v) is 4.25. The van der Waals surface area contributed by atoms with Gasteiger partial charge in [-0.3, -0.25) is 0 Å². The van der Waals surface area contributed by atoms with Crippen molar-refractivity contribution in [2.45, 2.75) is 6.92 Å². The second-order valence-electron chi connectivity index (χ2n) is 2.32. The number of carboxylic acids is 1. The van der Waals surface area contributed by atoms with Gasteiger partial charge < -0.3 is 56.9 Å². The van der Waals surface area contributed by atoms with Crippen molar-refractivity contribution in [2.24, 2.45) is 0 Å². The molecule has 0 bridgehead atoms. The molecule has 0 radical (unpaired) electrons. The average molecular weight is 354 g/mol. The number of carboxylic acid groups (broad SMARTS) is 1. The second kappa shape index (κ2) is 15.1. The fourth-order valence-corrected chi connectivity index (χ4v) is 0.143. The van der Waals surface area contributed by atoms with Gasteiger partial charge in [-0.25, -0.2) is 4.79 Å². The molecule has 2 nitrogen and oxygen atoms in total. The topological polar surface area (TPSA) is 37.3 Å². The summed E-state index contributed by atoms with van der Waals surface area (Å²) in [6.45, 7) is 1.66. The van der Waals surface area contributed by atoms with E-state index < -0.39 is 27.7 Å². The third-order valence-corrected chi connectivity index (χ3v) is 0.309. The monoisotopic (exact) mass is 355 g/mol. The number of aliphatic carboxylic acids is 1. The maximum absolute atomic E-state index is 9.75. The zero-order valence-electron chi connectivity index (χ0n) is 9.78. The van der Waals surface area contributed by atoms with Gasteiger partial charge in [-0.15, -0.1) is 0 Å². The summed E-state index contributed by atoms with van der Waals surface area (Å²) in [5, 5.41) is 7.83. The Kier molecular flexibility index (Phi) is 22.6. The fourth-order valence-electron chi connectivity index (χ4n) is 0.143. The van der Waals surface area contributed by atoms with Crippen molar-refractivity contribution in [3.05, 3.63) is 12.2 Å². The van der Waals surface area contributed by atoms with Gasteiger partial charge >= 0.3 is 46.6 Å². The number of carbonyl (C=O) groups is 1. The predicted octanol–water partition coefficient (Wildman–Crippen LogP) is 3.90. The van der Waals surface area contributed by atoms with Crippen LogP contribution >= 0.6 is 0 Å². The number of hydrogen-bond acceptors (Lipinski definition) is 1. The van der Waals surface area contributed by atoms with Gasteiger partial charge in [0.2, 0.25) is 0 Å². The molecule has 0 aromatic carbocycles. The van der Waals surface area contributed by atoms with E-state index in [9.17, 15) is 56.6 Å². The molecular weight excluding hydrogens is 347 g/mol. The maximum atomic E-state index is 9.75. The van der Waals surface area contributed by atoms with E-state index in [0.29, 0.717) is 0 Å². The van der Waals surface area contributed by atoms with E-state index in [-0.39, 0.29) is 18.9 Å². The van der Waals surface area contributed by atoms with Gasteiger partial charge in [0.15, 0.2) is 0 Å². The van der Waals surface area contributed by atoms with E-state index in [0.717, 1.165) is 6.08 Å². The van der Waals surface area contributed by atoms with Gasteiger partial charge in [-0.2, -0.15) is 0 Å². The van der Waals surface area contributed by atoms with Crippen LogP contribution in [0.3, 0.4) is 0 Å². The molecule has 0 aliphatic heterocycles. The Hall–Kier alpha value is -0.838. The molecule has 1 N–H and O–H groups in total. The van der Waals surface area contributed by atoms with E-state index in [1.807, 2.05) is 0 Å². The van der Waals surface area contributed by atoms with Crippen LogP contribution in [-0.4, -0.2) is 51.7 Å². The Morgan fingerprint density at radius 3 is 0.864 bits per heavy atom. The number of allylic oxidation sites excluding steroid dienone is 1. The van der Waals surface area contributed by atoms with Crippen LogP contribution < -0.4 is 0 Å². The molecule has 22 heavy (non-hydrogen) atoms. The van der Waals surface area contributed by atoms with Crippen molar-refractivity contribution in [3.8, 4) is 0 Å². The quantitative estimate of drug-likeness (QED) is 0.441. The molecule has 0 saturated carbocycles. The molecular formula is C4H7B3F12LiO2-3. The molecule has 0 spiro atoms. The molecule has 132 valence electrons. The second-order valence-corrected chi connectivity index (χ2v) is 2.32. The molecule has 0 aromatic heterocycles. The van der Waals surface area contributed by atoms with Gasteiger partial charge in [0.05, 0.1) is 0 Å². The van der Waals surface area contributed by atoms with Crippen LogP contribution in [0, 0.1) is 0 Å². The summed E-state index contributed by atoms with van der Waals surface area (Å²) < 4.78 is 117. The van der Waals surface area contributed by atoms with Crippen molar-refractivity contribution >= 4 is 46.6 Å². The molecule has 0 rings (SSSR count). The molecule has 0 aliphatic carbocycles. The van der Waals surface area contributed by atoms with Crippen LogP contribution in [0.1, 0.15) is 6.92 Å². The molecule has 0 heterocycles. The zero-order chi connectivity index (χ0) is 18.5. The molecule has 0 aliphatic rings. The fraction of sp³-hybridized carbons (Fsp3) is 0.250. The third-order valence-electron chi connectivity index (χ3n) is 0.309. The van der Waals surface area contributed by atoms with Crippen LogP contribution in [-0.2, 0) is 4.79 Å². The van der Waals surface area contributed by atoms with Crippen LogP contribution in [0.25, 0.3) is 0 Å². The molecule has 0 saturated heterocycles. The van der Waals surface area contributed by atoms with Crippen LogP contribution in [0.5, 0.6) is 0 Å². The molecule has 0 unspecified atom stereocenters. The van der Waals surface area contributed by atoms with Crippen molar-refractivity contribution in [1.29, 1.82) is 0 Å². The molecule has 0 amide bonds. The van der Waals surface area contributed by atoms with E-state index in [2.05, 4.69) is 0 Å². The van der Waals surface area contributed by atoms with E-state index in [4.69, 9.17) is 5.11 Å². The third kappa shape index (κ3) is 1350. The standard InChI is InChI=1S/C4H6O2.3BF4.Li.H/c1-2-3-4(5)6;3*2-1(3,4)5;;/h2-3H,1H3,(H,5,6);;;;;/q;3*-1;;/b3-2+;;;;;. The van der Waals surface area contributed by atoms with Gasteiger partial charge in [0, 0.05) is 6.08 Å². The van der Waals surface area contributed by atoms with Crippen LogP contribution in [0.2, 0.25) is 0 Å². The summed E-state index contributed by atoms with van der Waals surface area (Å²) in [5.41, 5.74) is 0. The Labute approximate surface area is 128 Å². The van der Waals surface area contributed by atoms with Crippen molar-refractivity contribution in [3.63, 3.8) is 0 Å². The Morgan fingerprint density at radius 1 is 0.727 bits per heavy atom. The van der Waals surface area contributed by atoms with Crippen molar-refractivity contribution in [2.75, 3.05) is 0 Å². The molecule has 18 heteroatoms. The van der Waals surface area contributed by atoms with Gasteiger partial charge in [0.1, 0.15) is 0 Å². The summed E-state index contributed by atoms with van der Waals surface area (Å²) >= 11 is 0. The zero-order valence-corrected chi connectivity index (χ0v) is 9.78. The Bertz CT molecular complexity index is 239. The number of halogens is 12. The van der Waals surface area contributed by atoms with Gasteiger partial charge in [-0.1, -0.05) is 6.08 Å².